The van der Waals surface area contributed by atoms with E-state index in [2.05, 4.69) is 36.2 Å². The largest absolute Gasteiger partial charge is 0.382 e. The van der Waals surface area contributed by atoms with Gasteiger partial charge in [0.25, 0.3) is 0 Å². The quantitative estimate of drug-likeness (QED) is 0.682. The maximum atomic E-state index is 11.6. The van der Waals surface area contributed by atoms with Crippen molar-refractivity contribution in [1.29, 1.82) is 0 Å². The van der Waals surface area contributed by atoms with Crippen molar-refractivity contribution in [3.05, 3.63) is 54.3 Å². The first-order valence-corrected chi connectivity index (χ1v) is 10.6. The zero-order valence-corrected chi connectivity index (χ0v) is 16.9. The van der Waals surface area contributed by atoms with Crippen molar-refractivity contribution >= 4 is 23.1 Å². The van der Waals surface area contributed by atoms with Crippen molar-refractivity contribution in [2.45, 2.75) is 44.1 Å². The van der Waals surface area contributed by atoms with Gasteiger partial charge in [0.15, 0.2) is 5.82 Å². The van der Waals surface area contributed by atoms with Crippen molar-refractivity contribution in [2.24, 2.45) is 4.99 Å². The van der Waals surface area contributed by atoms with Crippen LogP contribution >= 0.6 is 0 Å². The van der Waals surface area contributed by atoms with Crippen LogP contribution in [0.25, 0.3) is 16.8 Å². The fourth-order valence-electron chi connectivity index (χ4n) is 4.91. The molecule has 1 aliphatic heterocycles. The number of hydrogen-bond donors (Lipinski definition) is 2. The van der Waals surface area contributed by atoms with E-state index in [4.69, 9.17) is 5.73 Å². The zero-order valence-electron chi connectivity index (χ0n) is 16.9. The predicted molar refractivity (Wildman–Crippen MR) is 117 cm³/mol. The van der Waals surface area contributed by atoms with Crippen LogP contribution in [0.1, 0.15) is 49.8 Å². The van der Waals surface area contributed by atoms with Crippen molar-refractivity contribution < 1.29 is 4.79 Å². The van der Waals surface area contributed by atoms with Gasteiger partial charge in [-0.1, -0.05) is 25.3 Å². The normalized spacial score (nSPS) is 21.2. The van der Waals surface area contributed by atoms with E-state index in [1.807, 2.05) is 35.0 Å². The summed E-state index contributed by atoms with van der Waals surface area (Å²) in [6.45, 7) is 0. The van der Waals surface area contributed by atoms with Gasteiger partial charge in [0, 0.05) is 17.7 Å². The van der Waals surface area contributed by atoms with Crippen molar-refractivity contribution in [1.82, 2.24) is 29.7 Å². The van der Waals surface area contributed by atoms with Crippen LogP contribution in [0.2, 0.25) is 0 Å². The van der Waals surface area contributed by atoms with Crippen LogP contribution in [0, 0.1) is 0 Å². The molecule has 0 bridgehead atoms. The molecule has 0 saturated heterocycles. The van der Waals surface area contributed by atoms with Crippen LogP contribution in [0.3, 0.4) is 0 Å². The number of nitrogen functional groups attached to an aromatic ring is 1. The number of aromatic nitrogens is 5. The monoisotopic (exact) mass is 414 g/mol. The molecule has 1 unspecified atom stereocenters. The molecule has 6 rings (SSSR count). The number of anilines is 1. The number of urea groups is 1. The Balaban J connectivity index is 1.49. The molecular formula is C22H22N8O. The third kappa shape index (κ3) is 2.88. The molecule has 1 saturated carbocycles. The number of nitrogens with zero attached hydrogens (tertiary/aromatic N) is 6. The Bertz CT molecular complexity index is 1290. The van der Waals surface area contributed by atoms with Gasteiger partial charge in [0.05, 0.1) is 28.8 Å². The first-order valence-electron chi connectivity index (χ1n) is 10.6. The van der Waals surface area contributed by atoms with Crippen LogP contribution in [0.5, 0.6) is 0 Å². The number of aliphatic imine (C=N–C) groups is 1. The number of nitrogens with one attached hydrogen (secondary N) is 1. The van der Waals surface area contributed by atoms with Gasteiger partial charge in [0.2, 0.25) is 0 Å². The molecule has 2 amide bonds. The Kier molecular flexibility index (Phi) is 4.02. The van der Waals surface area contributed by atoms with E-state index in [-0.39, 0.29) is 11.9 Å². The molecule has 3 aromatic heterocycles. The Morgan fingerprint density at radius 3 is 2.90 bits per heavy atom. The van der Waals surface area contributed by atoms with Crippen LogP contribution in [0.15, 0.2) is 53.6 Å². The molecule has 0 radical (unpaired) electrons. The van der Waals surface area contributed by atoms with Gasteiger partial charge >= 0.3 is 6.03 Å². The number of allylic oxidation sites excluding steroid dienone is 3. The van der Waals surface area contributed by atoms with Gasteiger partial charge in [-0.3, -0.25) is 4.68 Å². The van der Waals surface area contributed by atoms with Crippen LogP contribution in [-0.2, 0) is 0 Å². The Hall–Kier alpha value is -3.75. The first-order chi connectivity index (χ1) is 15.2. The lowest BCUT2D eigenvalue weighted by molar-refractivity contribution is 0.253. The van der Waals surface area contributed by atoms with Gasteiger partial charge in [-0.2, -0.15) is 15.2 Å². The minimum Gasteiger partial charge on any atom is -0.382 e. The van der Waals surface area contributed by atoms with Crippen LogP contribution in [-0.4, -0.2) is 36.1 Å². The number of fused-ring (bicyclic) bond motifs is 2. The predicted octanol–water partition coefficient (Wildman–Crippen LogP) is 3.38. The van der Waals surface area contributed by atoms with Gasteiger partial charge < -0.3 is 11.1 Å². The fraction of sp³-hybridized carbons (Fsp3) is 0.318. The molecule has 1 fully saturated rings. The molecule has 0 spiro atoms. The Morgan fingerprint density at radius 1 is 1.16 bits per heavy atom. The van der Waals surface area contributed by atoms with Crippen molar-refractivity contribution in [2.75, 3.05) is 5.73 Å². The van der Waals surface area contributed by atoms with E-state index in [9.17, 15) is 4.79 Å². The van der Waals surface area contributed by atoms with Crippen molar-refractivity contribution in [3.63, 3.8) is 0 Å². The average molecular weight is 414 g/mol. The summed E-state index contributed by atoms with van der Waals surface area (Å²) in [5.41, 5.74) is 11.4. The lowest BCUT2D eigenvalue weighted by atomic mass is 9.95. The summed E-state index contributed by atoms with van der Waals surface area (Å²) in [7, 11) is 0. The van der Waals surface area contributed by atoms with Gasteiger partial charge in [0.1, 0.15) is 11.8 Å². The van der Waals surface area contributed by atoms with E-state index >= 15 is 0 Å². The number of rotatable bonds is 3. The molecule has 4 heterocycles. The Labute approximate surface area is 178 Å². The summed E-state index contributed by atoms with van der Waals surface area (Å²) in [5.74, 6) is 0.338. The molecule has 9 nitrogen and oxygen atoms in total. The molecule has 3 aromatic rings. The topological polar surface area (TPSA) is 115 Å². The molecule has 31 heavy (non-hydrogen) atoms. The zero-order chi connectivity index (χ0) is 20.9. The second-order valence-corrected chi connectivity index (χ2v) is 8.23. The maximum absolute atomic E-state index is 11.6. The van der Waals surface area contributed by atoms with E-state index in [1.165, 1.54) is 25.6 Å². The first kappa shape index (κ1) is 18.1. The SMILES string of the molecule is Nc1ncnn2c(C3C=CC4=NC(=O)NC4=C3)cc(-c3ccnn3C3CCCCC3)c12. The minimum absolute atomic E-state index is 0.0889. The number of carbonyl (C=O) groups excluding carboxylic acids is 1. The maximum Gasteiger partial charge on any atom is 0.346 e. The molecule has 0 aromatic carbocycles. The third-order valence-electron chi connectivity index (χ3n) is 6.37. The number of hydrogen-bond acceptors (Lipinski definition) is 5. The summed E-state index contributed by atoms with van der Waals surface area (Å²) in [4.78, 5) is 19.9. The lowest BCUT2D eigenvalue weighted by Crippen LogP contribution is -2.17. The van der Waals surface area contributed by atoms with Crippen LogP contribution < -0.4 is 11.1 Å². The van der Waals surface area contributed by atoms with E-state index in [0.29, 0.717) is 17.6 Å². The number of nitrogens with two attached hydrogens (primary N) is 1. The standard InChI is InChI=1S/C22H22N8O/c23-21-20-15(18-8-9-25-29(18)14-4-2-1-3-5-14)11-19(30(20)26-12-24-21)13-6-7-16-17(10-13)28-22(31)27-16/h6-14H,1-5H2,(H,28,31)(H2,23,24,26). The molecule has 9 heteroatoms. The summed E-state index contributed by atoms with van der Waals surface area (Å²) in [5, 5.41) is 12.0. The number of amides is 2. The third-order valence-corrected chi connectivity index (χ3v) is 6.37. The highest BCUT2D eigenvalue weighted by atomic mass is 16.2. The summed E-state index contributed by atoms with van der Waals surface area (Å²) < 4.78 is 3.99. The van der Waals surface area contributed by atoms with Crippen molar-refractivity contribution in [3.8, 4) is 11.3 Å². The molecule has 2 aliphatic carbocycles. The smallest absolute Gasteiger partial charge is 0.346 e. The van der Waals surface area contributed by atoms with Gasteiger partial charge in [-0.05, 0) is 37.1 Å². The summed E-state index contributed by atoms with van der Waals surface area (Å²) in [6, 6.07) is 4.21. The fourth-order valence-corrected chi connectivity index (χ4v) is 4.91. The molecule has 3 N–H and O–H groups in total. The number of carbonyl (C=O) groups is 1. The molecule has 3 aliphatic rings. The van der Waals surface area contributed by atoms with Crippen LogP contribution in [0.4, 0.5) is 10.6 Å². The second kappa shape index (κ2) is 6.90. The lowest BCUT2D eigenvalue weighted by Gasteiger charge is -2.23. The van der Waals surface area contributed by atoms with Gasteiger partial charge in [-0.15, -0.1) is 0 Å². The van der Waals surface area contributed by atoms with E-state index in [0.717, 1.165) is 41.0 Å². The Morgan fingerprint density at radius 2 is 2.03 bits per heavy atom. The summed E-state index contributed by atoms with van der Waals surface area (Å²) in [6.07, 6.45) is 15.2. The highest BCUT2D eigenvalue weighted by Crippen LogP contribution is 2.38. The minimum atomic E-state index is -0.338. The second-order valence-electron chi connectivity index (χ2n) is 8.23. The molecule has 1 atom stereocenters. The molecular weight excluding hydrogens is 392 g/mol. The van der Waals surface area contributed by atoms with E-state index in [1.54, 1.807) is 0 Å². The highest BCUT2D eigenvalue weighted by molar-refractivity contribution is 6.19. The molecule has 156 valence electrons. The summed E-state index contributed by atoms with van der Waals surface area (Å²) >= 11 is 0. The van der Waals surface area contributed by atoms with Gasteiger partial charge in [-0.25, -0.2) is 14.3 Å². The average Bonchev–Trinajstić information content (AvgIpc) is 3.49. The highest BCUT2D eigenvalue weighted by Gasteiger charge is 2.27. The van der Waals surface area contributed by atoms with E-state index < -0.39 is 0 Å².